The summed E-state index contributed by atoms with van der Waals surface area (Å²) >= 11 is 0. The lowest BCUT2D eigenvalue weighted by Crippen LogP contribution is -2.50. The molecule has 3 aliphatic rings. The topological polar surface area (TPSA) is 15.3 Å². The quantitative estimate of drug-likeness (QED) is 0.649. The molecule has 3 fully saturated rings. The molecular weight excluding hydrogens is 160 g/mol. The zero-order valence-electron chi connectivity index (χ0n) is 8.34. The first-order chi connectivity index (χ1) is 6.43. The SMILES string of the molecule is C1CN([C@H]2CC3CCC2C3)CCN1. The van der Waals surface area contributed by atoms with Crippen LogP contribution in [0.2, 0.25) is 0 Å². The summed E-state index contributed by atoms with van der Waals surface area (Å²) in [6, 6.07) is 0.973. The van der Waals surface area contributed by atoms with Crippen molar-refractivity contribution in [1.29, 1.82) is 0 Å². The fourth-order valence-electron chi connectivity index (χ4n) is 3.67. The van der Waals surface area contributed by atoms with Gasteiger partial charge >= 0.3 is 0 Å². The molecule has 1 heterocycles. The Morgan fingerprint density at radius 2 is 1.85 bits per heavy atom. The fraction of sp³-hybridized carbons (Fsp3) is 1.00. The van der Waals surface area contributed by atoms with Gasteiger partial charge in [0.1, 0.15) is 0 Å². The largest absolute Gasteiger partial charge is 0.314 e. The average molecular weight is 180 g/mol. The van der Waals surface area contributed by atoms with Crippen LogP contribution in [0.5, 0.6) is 0 Å². The summed E-state index contributed by atoms with van der Waals surface area (Å²) in [7, 11) is 0. The van der Waals surface area contributed by atoms with E-state index in [2.05, 4.69) is 10.2 Å². The van der Waals surface area contributed by atoms with Gasteiger partial charge in [-0.2, -0.15) is 0 Å². The van der Waals surface area contributed by atoms with Crippen molar-refractivity contribution in [3.8, 4) is 0 Å². The van der Waals surface area contributed by atoms with Gasteiger partial charge in [0, 0.05) is 32.2 Å². The van der Waals surface area contributed by atoms with Gasteiger partial charge < -0.3 is 5.32 Å². The van der Waals surface area contributed by atoms with Crippen LogP contribution >= 0.6 is 0 Å². The Balaban J connectivity index is 1.65. The van der Waals surface area contributed by atoms with Crippen LogP contribution < -0.4 is 5.32 Å². The van der Waals surface area contributed by atoms with Crippen LogP contribution in [0.1, 0.15) is 25.7 Å². The van der Waals surface area contributed by atoms with E-state index in [4.69, 9.17) is 0 Å². The predicted octanol–water partition coefficient (Wildman–Crippen LogP) is 1.08. The first-order valence-electron chi connectivity index (χ1n) is 5.88. The predicted molar refractivity (Wildman–Crippen MR) is 53.7 cm³/mol. The third-order valence-electron chi connectivity index (χ3n) is 4.32. The van der Waals surface area contributed by atoms with Crippen LogP contribution in [-0.4, -0.2) is 37.1 Å². The smallest absolute Gasteiger partial charge is 0.0127 e. The van der Waals surface area contributed by atoms with Crippen LogP contribution in [-0.2, 0) is 0 Å². The number of nitrogens with zero attached hydrogens (tertiary/aromatic N) is 1. The van der Waals surface area contributed by atoms with Gasteiger partial charge in [0.2, 0.25) is 0 Å². The summed E-state index contributed by atoms with van der Waals surface area (Å²) in [5.41, 5.74) is 0. The summed E-state index contributed by atoms with van der Waals surface area (Å²) in [4.78, 5) is 2.75. The van der Waals surface area contributed by atoms with Crippen molar-refractivity contribution in [1.82, 2.24) is 10.2 Å². The number of hydrogen-bond acceptors (Lipinski definition) is 2. The third kappa shape index (κ3) is 1.40. The molecule has 0 aromatic heterocycles. The van der Waals surface area contributed by atoms with E-state index < -0.39 is 0 Å². The van der Waals surface area contributed by atoms with Crippen LogP contribution in [0.3, 0.4) is 0 Å². The molecule has 1 aliphatic heterocycles. The van der Waals surface area contributed by atoms with Crippen molar-refractivity contribution in [2.24, 2.45) is 11.8 Å². The molecule has 2 saturated carbocycles. The minimum absolute atomic E-state index is 0.973. The Bertz CT molecular complexity index is 187. The number of fused-ring (bicyclic) bond motifs is 2. The van der Waals surface area contributed by atoms with Crippen molar-refractivity contribution in [2.75, 3.05) is 26.2 Å². The molecule has 2 nitrogen and oxygen atoms in total. The summed E-state index contributed by atoms with van der Waals surface area (Å²) in [6.07, 6.45) is 6.13. The molecule has 0 aromatic rings. The lowest BCUT2D eigenvalue weighted by Gasteiger charge is -2.37. The second-order valence-corrected chi connectivity index (χ2v) is 5.03. The number of nitrogens with one attached hydrogen (secondary N) is 1. The Morgan fingerprint density at radius 3 is 2.46 bits per heavy atom. The first kappa shape index (κ1) is 8.25. The molecule has 0 spiro atoms. The van der Waals surface area contributed by atoms with Crippen molar-refractivity contribution in [2.45, 2.75) is 31.7 Å². The van der Waals surface area contributed by atoms with Crippen molar-refractivity contribution in [3.05, 3.63) is 0 Å². The molecule has 1 saturated heterocycles. The second-order valence-electron chi connectivity index (χ2n) is 5.03. The highest BCUT2D eigenvalue weighted by Crippen LogP contribution is 2.46. The van der Waals surface area contributed by atoms with E-state index in [9.17, 15) is 0 Å². The monoisotopic (exact) mass is 180 g/mol. The van der Waals surface area contributed by atoms with Crippen LogP contribution in [0.4, 0.5) is 0 Å². The van der Waals surface area contributed by atoms with E-state index in [1.54, 1.807) is 6.42 Å². The molecule has 0 aromatic carbocycles. The highest BCUT2D eigenvalue weighted by Gasteiger charge is 2.42. The van der Waals surface area contributed by atoms with Gasteiger partial charge in [-0.15, -0.1) is 0 Å². The third-order valence-corrected chi connectivity index (χ3v) is 4.32. The minimum Gasteiger partial charge on any atom is -0.314 e. The first-order valence-corrected chi connectivity index (χ1v) is 5.88. The van der Waals surface area contributed by atoms with E-state index in [1.807, 2.05) is 0 Å². The molecule has 74 valence electrons. The fourth-order valence-corrected chi connectivity index (χ4v) is 3.67. The van der Waals surface area contributed by atoms with E-state index >= 15 is 0 Å². The highest BCUT2D eigenvalue weighted by molar-refractivity contribution is 4.96. The maximum absolute atomic E-state index is 3.44. The molecule has 2 unspecified atom stereocenters. The zero-order valence-corrected chi connectivity index (χ0v) is 8.34. The Morgan fingerprint density at radius 1 is 1.00 bits per heavy atom. The molecule has 3 atom stereocenters. The molecule has 3 rings (SSSR count). The molecule has 2 bridgehead atoms. The summed E-state index contributed by atoms with van der Waals surface area (Å²) in [6.45, 7) is 5.03. The van der Waals surface area contributed by atoms with Gasteiger partial charge in [0.05, 0.1) is 0 Å². The van der Waals surface area contributed by atoms with Gasteiger partial charge in [-0.05, 0) is 31.1 Å². The zero-order chi connectivity index (χ0) is 8.67. The molecular formula is C11H20N2. The summed E-state index contributed by atoms with van der Waals surface area (Å²) < 4.78 is 0. The summed E-state index contributed by atoms with van der Waals surface area (Å²) in [5.74, 6) is 2.17. The molecule has 13 heavy (non-hydrogen) atoms. The normalized spacial score (nSPS) is 45.7. The number of rotatable bonds is 1. The van der Waals surface area contributed by atoms with Crippen molar-refractivity contribution in [3.63, 3.8) is 0 Å². The Labute approximate surface area is 80.7 Å². The number of hydrogen-bond donors (Lipinski definition) is 1. The standard InChI is InChI=1S/C11H20N2/c1-2-10-7-9(1)8-11(10)13-5-3-12-4-6-13/h9-12H,1-8H2/t9?,10?,11-/m0/s1. The van der Waals surface area contributed by atoms with Crippen LogP contribution in [0, 0.1) is 11.8 Å². The van der Waals surface area contributed by atoms with Gasteiger partial charge in [-0.3, -0.25) is 4.90 Å². The second kappa shape index (κ2) is 3.25. The lowest BCUT2D eigenvalue weighted by molar-refractivity contribution is 0.126. The lowest BCUT2D eigenvalue weighted by atomic mass is 9.93. The van der Waals surface area contributed by atoms with Crippen LogP contribution in [0.25, 0.3) is 0 Å². The highest BCUT2D eigenvalue weighted by atomic mass is 15.2. The summed E-state index contributed by atoms with van der Waals surface area (Å²) in [5, 5.41) is 3.44. The van der Waals surface area contributed by atoms with Gasteiger partial charge in [0.15, 0.2) is 0 Å². The van der Waals surface area contributed by atoms with Crippen LogP contribution in [0.15, 0.2) is 0 Å². The van der Waals surface area contributed by atoms with Crippen molar-refractivity contribution >= 4 is 0 Å². The molecule has 0 radical (unpaired) electrons. The van der Waals surface area contributed by atoms with Gasteiger partial charge in [0.25, 0.3) is 0 Å². The average Bonchev–Trinajstić information content (AvgIpc) is 2.80. The molecule has 2 aliphatic carbocycles. The van der Waals surface area contributed by atoms with E-state index in [1.165, 1.54) is 45.4 Å². The van der Waals surface area contributed by atoms with E-state index in [0.29, 0.717) is 0 Å². The maximum atomic E-state index is 3.44. The minimum atomic E-state index is 0.973. The van der Waals surface area contributed by atoms with Gasteiger partial charge in [-0.25, -0.2) is 0 Å². The molecule has 2 heteroatoms. The van der Waals surface area contributed by atoms with Crippen molar-refractivity contribution < 1.29 is 0 Å². The maximum Gasteiger partial charge on any atom is 0.0127 e. The molecule has 0 amide bonds. The molecule has 1 N–H and O–H groups in total. The van der Waals surface area contributed by atoms with E-state index in [-0.39, 0.29) is 0 Å². The Kier molecular flexibility index (Phi) is 2.06. The Hall–Kier alpha value is -0.0800. The van der Waals surface area contributed by atoms with Gasteiger partial charge in [-0.1, -0.05) is 6.42 Å². The number of piperazine rings is 1. The van der Waals surface area contributed by atoms with E-state index in [0.717, 1.165) is 17.9 Å².